The number of nitrogens with one attached hydrogen (secondary N) is 1. The van der Waals surface area contributed by atoms with Gasteiger partial charge in [-0.3, -0.25) is 10.1 Å². The summed E-state index contributed by atoms with van der Waals surface area (Å²) < 4.78 is 0. The minimum Gasteiger partial charge on any atom is -0.378 e. The van der Waals surface area contributed by atoms with Gasteiger partial charge in [0.05, 0.1) is 10.4 Å². The second-order valence-electron chi connectivity index (χ2n) is 5.31. The molecule has 0 spiro atoms. The van der Waals surface area contributed by atoms with Crippen molar-refractivity contribution in [1.29, 1.82) is 0 Å². The molecule has 1 radical (unpaired) electrons. The molecule has 5 heteroatoms. The summed E-state index contributed by atoms with van der Waals surface area (Å²) in [5, 5.41) is 15.0. The largest absolute Gasteiger partial charge is 0.378 e. The Hall–Kier alpha value is -2.17. The molecule has 0 atom stereocenters. The molecule has 0 unspecified atom stereocenters. The van der Waals surface area contributed by atoms with Crippen LogP contribution in [0, 0.1) is 22.5 Å². The first kappa shape index (κ1) is 13.3. The maximum Gasteiger partial charge on any atom is 0.311 e. The predicted octanol–water partition coefficient (Wildman–Crippen LogP) is 3.42. The number of anilines is 1. The second kappa shape index (κ2) is 4.84. The highest BCUT2D eigenvalue weighted by molar-refractivity contribution is 5.95. The van der Waals surface area contributed by atoms with Gasteiger partial charge in [0, 0.05) is 11.9 Å². The van der Waals surface area contributed by atoms with Crippen LogP contribution < -0.4 is 5.32 Å². The molecule has 19 heavy (non-hydrogen) atoms. The highest BCUT2D eigenvalue weighted by Crippen LogP contribution is 2.32. The first-order chi connectivity index (χ1) is 8.88. The molecule has 0 amide bonds. The Morgan fingerprint density at radius 2 is 2.11 bits per heavy atom. The molecule has 2 aromatic rings. The summed E-state index contributed by atoms with van der Waals surface area (Å²) in [6.45, 7) is 8.47. The van der Waals surface area contributed by atoms with Gasteiger partial charge >= 0.3 is 5.69 Å². The van der Waals surface area contributed by atoms with Crippen molar-refractivity contribution in [3.63, 3.8) is 0 Å². The second-order valence-corrected chi connectivity index (χ2v) is 5.31. The average molecular weight is 258 g/mol. The van der Waals surface area contributed by atoms with Crippen LogP contribution >= 0.6 is 0 Å². The minimum atomic E-state index is -0.419. The monoisotopic (exact) mass is 258 g/mol. The van der Waals surface area contributed by atoms with Gasteiger partial charge in [-0.25, -0.2) is 4.98 Å². The summed E-state index contributed by atoms with van der Waals surface area (Å²) in [6, 6.07) is 7.36. The maximum absolute atomic E-state index is 11.1. The van der Waals surface area contributed by atoms with E-state index in [-0.39, 0.29) is 11.1 Å². The smallest absolute Gasteiger partial charge is 0.311 e. The molecule has 0 aliphatic heterocycles. The first-order valence-electron chi connectivity index (χ1n) is 6.00. The molecule has 99 valence electrons. The summed E-state index contributed by atoms with van der Waals surface area (Å²) >= 11 is 0. The van der Waals surface area contributed by atoms with Crippen molar-refractivity contribution in [3.8, 4) is 0 Å². The van der Waals surface area contributed by atoms with Crippen molar-refractivity contribution in [1.82, 2.24) is 4.98 Å². The number of para-hydroxylation sites is 1. The van der Waals surface area contributed by atoms with E-state index in [0.717, 1.165) is 10.9 Å². The van der Waals surface area contributed by atoms with Crippen molar-refractivity contribution in [2.75, 3.05) is 11.9 Å². The highest BCUT2D eigenvalue weighted by atomic mass is 16.6. The van der Waals surface area contributed by atoms with Crippen LogP contribution in [0.5, 0.6) is 0 Å². The van der Waals surface area contributed by atoms with Crippen LogP contribution in [0.15, 0.2) is 30.5 Å². The Bertz CT molecular complexity index is 618. The molecule has 1 N–H and O–H groups in total. The van der Waals surface area contributed by atoms with E-state index in [1.54, 1.807) is 0 Å². The van der Waals surface area contributed by atoms with Gasteiger partial charge in [-0.05, 0) is 18.4 Å². The van der Waals surface area contributed by atoms with E-state index in [1.807, 2.05) is 38.1 Å². The van der Waals surface area contributed by atoms with Gasteiger partial charge in [-0.2, -0.15) is 0 Å². The van der Waals surface area contributed by atoms with Gasteiger partial charge in [0.15, 0.2) is 0 Å². The fourth-order valence-electron chi connectivity index (χ4n) is 1.78. The molecule has 1 heterocycles. The molecule has 1 aromatic carbocycles. The highest BCUT2D eigenvalue weighted by Gasteiger charge is 2.19. The van der Waals surface area contributed by atoms with Crippen molar-refractivity contribution in [3.05, 3.63) is 47.5 Å². The molecular formula is C14H16N3O2. The van der Waals surface area contributed by atoms with E-state index in [1.165, 1.54) is 6.20 Å². The summed E-state index contributed by atoms with van der Waals surface area (Å²) in [6.07, 6.45) is 1.29. The third-order valence-electron chi connectivity index (χ3n) is 2.70. The number of fused-ring (bicyclic) bond motifs is 1. The molecule has 0 saturated heterocycles. The van der Waals surface area contributed by atoms with Gasteiger partial charge < -0.3 is 5.32 Å². The summed E-state index contributed by atoms with van der Waals surface area (Å²) in [7, 11) is 0. The van der Waals surface area contributed by atoms with Crippen molar-refractivity contribution < 1.29 is 4.92 Å². The topological polar surface area (TPSA) is 68.1 Å². The van der Waals surface area contributed by atoms with E-state index in [2.05, 4.69) is 17.2 Å². The molecule has 5 nitrogen and oxygen atoms in total. The number of hydrogen-bond acceptors (Lipinski definition) is 4. The third kappa shape index (κ3) is 2.99. The third-order valence-corrected chi connectivity index (χ3v) is 2.70. The summed E-state index contributed by atoms with van der Waals surface area (Å²) in [4.78, 5) is 14.8. The van der Waals surface area contributed by atoms with E-state index >= 15 is 0 Å². The SMILES string of the molecule is [CH2]C(C)(C)CNc1c([N+](=O)[O-])cnc2ccccc12. The summed E-state index contributed by atoms with van der Waals surface area (Å²) in [5.74, 6) is 0. The predicted molar refractivity (Wildman–Crippen MR) is 76.0 cm³/mol. The van der Waals surface area contributed by atoms with E-state index in [9.17, 15) is 10.1 Å². The number of nitro groups is 1. The van der Waals surface area contributed by atoms with Crippen LogP contribution in [0.2, 0.25) is 0 Å². The van der Waals surface area contributed by atoms with Crippen LogP contribution in [0.25, 0.3) is 10.9 Å². The average Bonchev–Trinajstić information content (AvgIpc) is 2.34. The van der Waals surface area contributed by atoms with Crippen LogP contribution in [0.1, 0.15) is 13.8 Å². The van der Waals surface area contributed by atoms with Crippen LogP contribution in [-0.2, 0) is 0 Å². The Labute approximate surface area is 111 Å². The molecular weight excluding hydrogens is 242 g/mol. The molecule has 0 bridgehead atoms. The number of hydrogen-bond donors (Lipinski definition) is 1. The number of nitrogens with zero attached hydrogens (tertiary/aromatic N) is 2. The van der Waals surface area contributed by atoms with Crippen molar-refractivity contribution in [2.45, 2.75) is 13.8 Å². The Balaban J connectivity index is 2.53. The number of pyridine rings is 1. The number of aromatic nitrogens is 1. The van der Waals surface area contributed by atoms with Gasteiger partial charge in [-0.15, -0.1) is 0 Å². The Kier molecular flexibility index (Phi) is 3.38. The molecule has 0 saturated carbocycles. The lowest BCUT2D eigenvalue weighted by molar-refractivity contribution is -0.384. The molecule has 0 fully saturated rings. The zero-order chi connectivity index (χ0) is 14.0. The number of benzene rings is 1. The Morgan fingerprint density at radius 1 is 1.42 bits per heavy atom. The Morgan fingerprint density at radius 3 is 2.74 bits per heavy atom. The van der Waals surface area contributed by atoms with Gasteiger partial charge in [0.1, 0.15) is 11.9 Å². The lowest BCUT2D eigenvalue weighted by Crippen LogP contribution is -2.20. The zero-order valence-electron chi connectivity index (χ0n) is 11.0. The van der Waals surface area contributed by atoms with Gasteiger partial charge in [-0.1, -0.05) is 32.0 Å². The molecule has 0 aliphatic rings. The normalized spacial score (nSPS) is 11.5. The molecule has 0 aliphatic carbocycles. The first-order valence-corrected chi connectivity index (χ1v) is 6.00. The van der Waals surface area contributed by atoms with E-state index < -0.39 is 4.92 Å². The summed E-state index contributed by atoms with van der Waals surface area (Å²) in [5.41, 5.74) is 1.02. The van der Waals surface area contributed by atoms with E-state index in [0.29, 0.717) is 12.2 Å². The standard InChI is InChI=1S/C14H16N3O2/c1-14(2,3)9-16-13-10-6-4-5-7-11(10)15-8-12(13)17(18)19/h4-8H,1,9H2,2-3H3,(H,15,16). The number of rotatable bonds is 4. The zero-order valence-corrected chi connectivity index (χ0v) is 11.0. The van der Waals surface area contributed by atoms with Crippen LogP contribution in [0.4, 0.5) is 11.4 Å². The lowest BCUT2D eigenvalue weighted by Gasteiger charge is -2.20. The lowest BCUT2D eigenvalue weighted by atomic mass is 9.96. The fourth-order valence-corrected chi connectivity index (χ4v) is 1.78. The quantitative estimate of drug-likeness (QED) is 0.674. The fraction of sp³-hybridized carbons (Fsp3) is 0.286. The molecule has 1 aromatic heterocycles. The van der Waals surface area contributed by atoms with Gasteiger partial charge in [0.25, 0.3) is 0 Å². The van der Waals surface area contributed by atoms with Crippen molar-refractivity contribution >= 4 is 22.3 Å². The molecule has 2 rings (SSSR count). The minimum absolute atomic E-state index is 0.0112. The van der Waals surface area contributed by atoms with Crippen molar-refractivity contribution in [2.24, 2.45) is 5.41 Å². The van der Waals surface area contributed by atoms with Crippen LogP contribution in [-0.4, -0.2) is 16.5 Å². The van der Waals surface area contributed by atoms with Gasteiger partial charge in [0.2, 0.25) is 0 Å². The van der Waals surface area contributed by atoms with E-state index in [4.69, 9.17) is 0 Å². The van der Waals surface area contributed by atoms with Crippen LogP contribution in [0.3, 0.4) is 0 Å². The maximum atomic E-state index is 11.1.